The molecule has 2 aromatic heterocycles. The largest absolute Gasteiger partial charge is 0.488 e. The first kappa shape index (κ1) is 32.1. The van der Waals surface area contributed by atoms with Crippen LogP contribution < -0.4 is 4.74 Å². The fraction of sp³-hybridized carbons (Fsp3) is 0.300. The summed E-state index contributed by atoms with van der Waals surface area (Å²) < 4.78 is 70.3. The zero-order chi connectivity index (χ0) is 31.6. The molecule has 0 spiro atoms. The minimum absolute atomic E-state index is 0.0212. The number of carboxylic acids is 1. The Morgan fingerprint density at radius 1 is 1.05 bits per heavy atom. The highest BCUT2D eigenvalue weighted by Gasteiger charge is 2.38. The second-order valence-electron chi connectivity index (χ2n) is 10.3. The molecule has 2 aromatic carbocycles. The van der Waals surface area contributed by atoms with E-state index in [0.717, 1.165) is 44.6 Å². The van der Waals surface area contributed by atoms with Crippen molar-refractivity contribution in [2.75, 3.05) is 19.6 Å². The topological polar surface area (TPSA) is 80.5 Å². The van der Waals surface area contributed by atoms with E-state index in [1.54, 1.807) is 30.3 Å². The molecule has 0 radical (unpaired) electrons. The van der Waals surface area contributed by atoms with Crippen molar-refractivity contribution in [3.8, 4) is 22.8 Å². The lowest BCUT2D eigenvalue weighted by Gasteiger charge is -2.32. The molecule has 0 atom stereocenters. The number of hydrogen-bond acceptors (Lipinski definition) is 5. The molecule has 7 nitrogen and oxygen atoms in total. The van der Waals surface area contributed by atoms with Crippen LogP contribution in [0.4, 0.5) is 22.0 Å². The number of ether oxygens (including phenoxy) is 1. The zero-order valence-electron chi connectivity index (χ0n) is 22.9. The van der Waals surface area contributed by atoms with Gasteiger partial charge in [0.2, 0.25) is 0 Å². The predicted octanol–water partition coefficient (Wildman–Crippen LogP) is 8.09. The molecule has 4 aromatic rings. The van der Waals surface area contributed by atoms with Crippen LogP contribution in [0.1, 0.15) is 45.9 Å². The van der Waals surface area contributed by atoms with Crippen LogP contribution in [0.2, 0.25) is 5.02 Å². The van der Waals surface area contributed by atoms with Gasteiger partial charge in [-0.25, -0.2) is 14.5 Å². The summed E-state index contributed by atoms with van der Waals surface area (Å²) in [6.45, 7) is 0.0941. The second kappa shape index (κ2) is 13.0. The summed E-state index contributed by atoms with van der Waals surface area (Å²) in [5.74, 6) is -0.952. The van der Waals surface area contributed by atoms with Gasteiger partial charge in [0.1, 0.15) is 23.6 Å². The first-order valence-electron chi connectivity index (χ1n) is 13.4. The number of rotatable bonds is 9. The van der Waals surface area contributed by atoms with Gasteiger partial charge in [-0.15, -0.1) is 0 Å². The Bertz CT molecular complexity index is 1640. The number of aromatic nitrogens is 3. The van der Waals surface area contributed by atoms with Crippen LogP contribution in [0.3, 0.4) is 0 Å². The maximum absolute atomic E-state index is 14.4. The van der Waals surface area contributed by atoms with Crippen LogP contribution in [-0.4, -0.2) is 56.6 Å². The smallest absolute Gasteiger partial charge is 0.401 e. The Balaban J connectivity index is 1.32. The summed E-state index contributed by atoms with van der Waals surface area (Å²) in [5.41, 5.74) is 1.29. The highest BCUT2D eigenvalue weighted by Crippen LogP contribution is 2.39. The summed E-state index contributed by atoms with van der Waals surface area (Å²) in [4.78, 5) is 17.5. The Hall–Kier alpha value is -3.30. The average molecular weight is 747 g/mol. The molecule has 1 saturated heterocycles. The van der Waals surface area contributed by atoms with Crippen LogP contribution in [0.15, 0.2) is 66.9 Å². The number of nitrogens with zero attached hydrogens (tertiary/aromatic N) is 4. The summed E-state index contributed by atoms with van der Waals surface area (Å²) in [6.07, 6.45) is -2.04. The monoisotopic (exact) mass is 746 g/mol. The van der Waals surface area contributed by atoms with E-state index in [4.69, 9.17) is 16.3 Å². The van der Waals surface area contributed by atoms with Crippen molar-refractivity contribution in [2.24, 2.45) is 0 Å². The van der Waals surface area contributed by atoms with Gasteiger partial charge in [0.25, 0.3) is 0 Å². The molecule has 1 aliphatic rings. The van der Waals surface area contributed by atoms with Crippen molar-refractivity contribution < 1.29 is 36.6 Å². The number of carboxylic acid groups (broad SMARTS) is 1. The lowest BCUT2D eigenvalue weighted by Crippen LogP contribution is -2.39. The fourth-order valence-corrected chi connectivity index (χ4v) is 5.89. The third-order valence-corrected chi connectivity index (χ3v) is 8.02. The Morgan fingerprint density at radius 2 is 1.75 bits per heavy atom. The number of aromatic carboxylic acids is 1. The van der Waals surface area contributed by atoms with Gasteiger partial charge in [0.05, 0.1) is 18.4 Å². The molecule has 3 heterocycles. The van der Waals surface area contributed by atoms with Gasteiger partial charge in [-0.05, 0) is 73.3 Å². The Kier molecular flexibility index (Phi) is 9.47. The summed E-state index contributed by atoms with van der Waals surface area (Å²) >= 11 is 7.12. The van der Waals surface area contributed by atoms with Gasteiger partial charge < -0.3 is 9.84 Å². The van der Waals surface area contributed by atoms with Gasteiger partial charge in [-0.2, -0.15) is 27.1 Å². The number of likely N-dealkylation sites (tertiary alicyclic amines) is 1. The Labute approximate surface area is 267 Å². The molecule has 44 heavy (non-hydrogen) atoms. The van der Waals surface area contributed by atoms with Crippen molar-refractivity contribution in [3.05, 3.63) is 94.3 Å². The molecular weight excluding hydrogens is 722 g/mol. The van der Waals surface area contributed by atoms with Crippen LogP contribution in [-0.2, 0) is 10.5 Å². The van der Waals surface area contributed by atoms with Gasteiger partial charge in [-0.1, -0.05) is 41.9 Å². The van der Waals surface area contributed by atoms with Crippen LogP contribution >= 0.6 is 34.2 Å². The SMILES string of the molecule is O=C(O)c1cnn(-c2cccc(-c3cc(Cl)ccc3OCc3ccc(C4CCN(CC(F)(F)F)CC4)cc3)n2)c1C(F)(F)I. The summed E-state index contributed by atoms with van der Waals surface area (Å²) in [7, 11) is 0. The molecule has 0 saturated carbocycles. The van der Waals surface area contributed by atoms with Crippen molar-refractivity contribution in [2.45, 2.75) is 35.5 Å². The maximum atomic E-state index is 14.4. The van der Waals surface area contributed by atoms with E-state index in [1.807, 2.05) is 24.3 Å². The molecule has 0 aliphatic carbocycles. The minimum atomic E-state index is -4.20. The van der Waals surface area contributed by atoms with Gasteiger partial charge in [0, 0.05) is 33.2 Å². The van der Waals surface area contributed by atoms with E-state index in [9.17, 15) is 31.9 Å². The number of piperidine rings is 1. The zero-order valence-corrected chi connectivity index (χ0v) is 25.8. The van der Waals surface area contributed by atoms with E-state index in [-0.39, 0.29) is 18.3 Å². The van der Waals surface area contributed by atoms with Gasteiger partial charge >= 0.3 is 16.1 Å². The van der Waals surface area contributed by atoms with Crippen LogP contribution in [0.25, 0.3) is 17.1 Å². The van der Waals surface area contributed by atoms with Gasteiger partial charge in [-0.3, -0.25) is 4.90 Å². The van der Waals surface area contributed by atoms with Crippen LogP contribution in [0, 0.1) is 0 Å². The highest BCUT2D eigenvalue weighted by atomic mass is 127. The van der Waals surface area contributed by atoms with Crippen molar-refractivity contribution in [1.82, 2.24) is 19.7 Å². The highest BCUT2D eigenvalue weighted by molar-refractivity contribution is 14.1. The van der Waals surface area contributed by atoms with E-state index in [1.165, 1.54) is 11.0 Å². The molecule has 0 bridgehead atoms. The van der Waals surface area contributed by atoms with Crippen LogP contribution in [0.5, 0.6) is 5.75 Å². The molecule has 5 rings (SSSR count). The normalized spacial score (nSPS) is 15.0. The first-order valence-corrected chi connectivity index (χ1v) is 14.9. The van der Waals surface area contributed by atoms with Crippen molar-refractivity contribution in [1.29, 1.82) is 0 Å². The number of pyridine rings is 1. The molecule has 14 heteroatoms. The summed E-state index contributed by atoms with van der Waals surface area (Å²) in [6, 6.07) is 17.3. The third-order valence-electron chi connectivity index (χ3n) is 7.27. The Morgan fingerprint density at radius 3 is 2.39 bits per heavy atom. The van der Waals surface area contributed by atoms with Crippen molar-refractivity contribution in [3.63, 3.8) is 0 Å². The molecule has 1 aliphatic heterocycles. The third kappa shape index (κ3) is 7.67. The second-order valence-corrected chi connectivity index (χ2v) is 12.1. The van der Waals surface area contributed by atoms with E-state index < -0.39 is 33.9 Å². The predicted molar refractivity (Wildman–Crippen MR) is 162 cm³/mol. The molecule has 0 unspecified atom stereocenters. The molecule has 0 amide bonds. The van der Waals surface area contributed by atoms with Crippen molar-refractivity contribution >= 4 is 40.2 Å². The molecule has 1 fully saturated rings. The molecular formula is C30H25ClF5IN4O3. The number of benzene rings is 2. The first-order chi connectivity index (χ1) is 20.8. The van der Waals surface area contributed by atoms with E-state index >= 15 is 0 Å². The quantitative estimate of drug-likeness (QED) is 0.106. The minimum Gasteiger partial charge on any atom is -0.488 e. The number of carbonyl (C=O) groups is 1. The maximum Gasteiger partial charge on any atom is 0.401 e. The average Bonchev–Trinajstić information content (AvgIpc) is 3.44. The molecule has 232 valence electrons. The number of alkyl halides is 6. The lowest BCUT2D eigenvalue weighted by molar-refractivity contribution is -0.147. The van der Waals surface area contributed by atoms with Gasteiger partial charge in [0.15, 0.2) is 5.82 Å². The van der Waals surface area contributed by atoms with E-state index in [0.29, 0.717) is 48.0 Å². The standard InChI is InChI=1S/C30H25ClF5IN4O3/c31-21-8-9-25(44-16-18-4-6-19(7-5-18)20-10-12-40(13-11-20)17-29(32,33)34)22(14-21)24-2-1-3-26(39-24)41-27(30(35,36)37)23(15-38-41)28(42)43/h1-9,14-15,20H,10-13,16-17H2,(H,42,43). The number of hydrogen-bond donors (Lipinski definition) is 1. The fourth-order valence-electron chi connectivity index (χ4n) is 5.20. The van der Waals surface area contributed by atoms with E-state index in [2.05, 4.69) is 10.1 Å². The number of halogens is 7. The lowest BCUT2D eigenvalue weighted by atomic mass is 9.89. The summed E-state index contributed by atoms with van der Waals surface area (Å²) in [5, 5.41) is 13.6. The molecule has 1 N–H and O–H groups in total.